The standard InChI is InChI=1S/C16H17NO/c18-13-16(11-14-7-3-1-4-8-14)17-12-15-9-5-2-6-10-15/h1-10,13,16-17H,11-12H2/t16-/m0/s1. The molecule has 2 rings (SSSR count). The van der Waals surface area contributed by atoms with Gasteiger partial charge in [0.05, 0.1) is 6.04 Å². The summed E-state index contributed by atoms with van der Waals surface area (Å²) < 4.78 is 0. The van der Waals surface area contributed by atoms with Crippen LogP contribution in [0.4, 0.5) is 0 Å². The maximum absolute atomic E-state index is 11.1. The van der Waals surface area contributed by atoms with Crippen LogP contribution >= 0.6 is 0 Å². The predicted octanol–water partition coefficient (Wildman–Crippen LogP) is 2.59. The van der Waals surface area contributed by atoms with Gasteiger partial charge in [-0.05, 0) is 17.5 Å². The highest BCUT2D eigenvalue weighted by atomic mass is 16.1. The van der Waals surface area contributed by atoms with Gasteiger partial charge in [0.1, 0.15) is 6.29 Å². The zero-order chi connectivity index (χ0) is 12.6. The topological polar surface area (TPSA) is 29.1 Å². The molecule has 2 aromatic rings. The first-order valence-electron chi connectivity index (χ1n) is 6.15. The summed E-state index contributed by atoms with van der Waals surface area (Å²) in [6.07, 6.45) is 1.72. The van der Waals surface area contributed by atoms with E-state index in [2.05, 4.69) is 17.4 Å². The highest BCUT2D eigenvalue weighted by Gasteiger charge is 2.07. The SMILES string of the molecule is O=C[C@H](Cc1ccccc1)NCc1ccccc1. The molecule has 0 saturated carbocycles. The Bertz CT molecular complexity index is 467. The van der Waals surface area contributed by atoms with Crippen molar-refractivity contribution in [3.8, 4) is 0 Å². The number of aldehydes is 1. The number of hydrogen-bond donors (Lipinski definition) is 1. The van der Waals surface area contributed by atoms with Gasteiger partial charge in [-0.15, -0.1) is 0 Å². The summed E-state index contributed by atoms with van der Waals surface area (Å²) in [4.78, 5) is 11.1. The molecule has 0 fully saturated rings. The van der Waals surface area contributed by atoms with Crippen molar-refractivity contribution in [3.63, 3.8) is 0 Å². The van der Waals surface area contributed by atoms with E-state index in [0.29, 0.717) is 0 Å². The molecule has 2 nitrogen and oxygen atoms in total. The minimum Gasteiger partial charge on any atom is -0.303 e. The van der Waals surface area contributed by atoms with Gasteiger partial charge < -0.3 is 10.1 Å². The molecule has 0 unspecified atom stereocenters. The van der Waals surface area contributed by atoms with Crippen molar-refractivity contribution in [2.24, 2.45) is 0 Å². The van der Waals surface area contributed by atoms with E-state index in [1.165, 1.54) is 11.1 Å². The Morgan fingerprint density at radius 3 is 2.00 bits per heavy atom. The molecule has 2 heteroatoms. The second kappa shape index (κ2) is 6.72. The third-order valence-corrected chi connectivity index (χ3v) is 2.87. The van der Waals surface area contributed by atoms with Crippen molar-refractivity contribution in [1.29, 1.82) is 0 Å². The molecule has 0 amide bonds. The summed E-state index contributed by atoms with van der Waals surface area (Å²) in [6.45, 7) is 0.719. The monoisotopic (exact) mass is 239 g/mol. The van der Waals surface area contributed by atoms with Crippen LogP contribution < -0.4 is 5.32 Å². The first-order chi connectivity index (χ1) is 8.88. The smallest absolute Gasteiger partial charge is 0.137 e. The number of rotatable bonds is 6. The van der Waals surface area contributed by atoms with E-state index in [1.807, 2.05) is 48.5 Å². The van der Waals surface area contributed by atoms with Gasteiger partial charge in [-0.1, -0.05) is 60.7 Å². The lowest BCUT2D eigenvalue weighted by molar-refractivity contribution is -0.109. The molecule has 92 valence electrons. The number of carbonyl (C=O) groups is 1. The maximum atomic E-state index is 11.1. The average molecular weight is 239 g/mol. The molecule has 1 atom stereocenters. The van der Waals surface area contributed by atoms with E-state index in [4.69, 9.17) is 0 Å². The van der Waals surface area contributed by atoms with Gasteiger partial charge in [-0.25, -0.2) is 0 Å². The van der Waals surface area contributed by atoms with Crippen molar-refractivity contribution in [1.82, 2.24) is 5.32 Å². The van der Waals surface area contributed by atoms with Crippen LogP contribution in [0.3, 0.4) is 0 Å². The number of carbonyl (C=O) groups excluding carboxylic acids is 1. The fraction of sp³-hybridized carbons (Fsp3) is 0.188. The molecule has 0 aliphatic heterocycles. The molecular formula is C16H17NO. The minimum absolute atomic E-state index is 0.132. The molecular weight excluding hydrogens is 222 g/mol. The van der Waals surface area contributed by atoms with Crippen molar-refractivity contribution in [3.05, 3.63) is 71.8 Å². The third kappa shape index (κ3) is 3.82. The van der Waals surface area contributed by atoms with Gasteiger partial charge in [0, 0.05) is 6.54 Å². The highest BCUT2D eigenvalue weighted by Crippen LogP contribution is 2.03. The molecule has 18 heavy (non-hydrogen) atoms. The Kier molecular flexibility index (Phi) is 4.68. The van der Waals surface area contributed by atoms with Gasteiger partial charge in [0.15, 0.2) is 0 Å². The van der Waals surface area contributed by atoms with E-state index < -0.39 is 0 Å². The lowest BCUT2D eigenvalue weighted by Crippen LogP contribution is -2.32. The van der Waals surface area contributed by atoms with Crippen molar-refractivity contribution in [2.75, 3.05) is 0 Å². The Labute approximate surface area is 108 Å². The largest absolute Gasteiger partial charge is 0.303 e. The van der Waals surface area contributed by atoms with E-state index >= 15 is 0 Å². The van der Waals surface area contributed by atoms with Crippen LogP contribution in [0.1, 0.15) is 11.1 Å². The molecule has 0 saturated heterocycles. The van der Waals surface area contributed by atoms with Crippen LogP contribution in [0.5, 0.6) is 0 Å². The van der Waals surface area contributed by atoms with Gasteiger partial charge >= 0.3 is 0 Å². The predicted molar refractivity (Wildman–Crippen MR) is 73.3 cm³/mol. The fourth-order valence-electron chi connectivity index (χ4n) is 1.88. The van der Waals surface area contributed by atoms with E-state index in [1.54, 1.807) is 0 Å². The summed E-state index contributed by atoms with van der Waals surface area (Å²) >= 11 is 0. The first-order valence-corrected chi connectivity index (χ1v) is 6.15. The summed E-state index contributed by atoms with van der Waals surface area (Å²) in [5, 5.41) is 3.27. The number of hydrogen-bond acceptors (Lipinski definition) is 2. The summed E-state index contributed by atoms with van der Waals surface area (Å²) in [7, 11) is 0. The lowest BCUT2D eigenvalue weighted by Gasteiger charge is -2.12. The van der Waals surface area contributed by atoms with Gasteiger partial charge in [-0.2, -0.15) is 0 Å². The van der Waals surface area contributed by atoms with Crippen molar-refractivity contribution in [2.45, 2.75) is 19.0 Å². The van der Waals surface area contributed by atoms with Crippen molar-refractivity contribution < 1.29 is 4.79 Å². The maximum Gasteiger partial charge on any atom is 0.137 e. The fourth-order valence-corrected chi connectivity index (χ4v) is 1.88. The summed E-state index contributed by atoms with van der Waals surface area (Å²) in [6, 6.07) is 20.0. The van der Waals surface area contributed by atoms with Gasteiger partial charge in [-0.3, -0.25) is 0 Å². The molecule has 0 aliphatic carbocycles. The Morgan fingerprint density at radius 2 is 1.44 bits per heavy atom. The van der Waals surface area contributed by atoms with Crippen LogP contribution in [0.2, 0.25) is 0 Å². The second-order valence-corrected chi connectivity index (χ2v) is 4.30. The summed E-state index contributed by atoms with van der Waals surface area (Å²) in [5.74, 6) is 0. The molecule has 2 aromatic carbocycles. The molecule has 0 heterocycles. The van der Waals surface area contributed by atoms with E-state index in [9.17, 15) is 4.79 Å². The molecule has 1 N–H and O–H groups in total. The lowest BCUT2D eigenvalue weighted by atomic mass is 10.1. The van der Waals surface area contributed by atoms with Gasteiger partial charge in [0.2, 0.25) is 0 Å². The van der Waals surface area contributed by atoms with E-state index in [0.717, 1.165) is 19.3 Å². The first kappa shape index (κ1) is 12.5. The minimum atomic E-state index is -0.132. The average Bonchev–Trinajstić information content (AvgIpc) is 2.45. The molecule has 0 aromatic heterocycles. The molecule has 0 aliphatic rings. The Balaban J connectivity index is 1.88. The zero-order valence-electron chi connectivity index (χ0n) is 10.3. The van der Waals surface area contributed by atoms with E-state index in [-0.39, 0.29) is 6.04 Å². The van der Waals surface area contributed by atoms with Crippen LogP contribution in [-0.4, -0.2) is 12.3 Å². The van der Waals surface area contributed by atoms with Crippen LogP contribution in [0.15, 0.2) is 60.7 Å². The number of nitrogens with one attached hydrogen (secondary N) is 1. The summed E-state index contributed by atoms with van der Waals surface area (Å²) in [5.41, 5.74) is 2.37. The van der Waals surface area contributed by atoms with Crippen LogP contribution in [0.25, 0.3) is 0 Å². The normalized spacial score (nSPS) is 12.0. The number of benzene rings is 2. The van der Waals surface area contributed by atoms with Crippen LogP contribution in [0, 0.1) is 0 Å². The quantitative estimate of drug-likeness (QED) is 0.785. The Hall–Kier alpha value is -1.93. The highest BCUT2D eigenvalue weighted by molar-refractivity contribution is 5.58. The zero-order valence-corrected chi connectivity index (χ0v) is 10.3. The Morgan fingerprint density at radius 1 is 0.889 bits per heavy atom. The van der Waals surface area contributed by atoms with Crippen molar-refractivity contribution >= 4 is 6.29 Å². The molecule has 0 radical (unpaired) electrons. The van der Waals surface area contributed by atoms with Gasteiger partial charge in [0.25, 0.3) is 0 Å². The second-order valence-electron chi connectivity index (χ2n) is 4.30. The third-order valence-electron chi connectivity index (χ3n) is 2.87. The van der Waals surface area contributed by atoms with Crippen LogP contribution in [-0.2, 0) is 17.8 Å². The molecule has 0 bridgehead atoms. The molecule has 0 spiro atoms.